The van der Waals surface area contributed by atoms with Crippen LogP contribution < -0.4 is 5.32 Å². The van der Waals surface area contributed by atoms with Crippen molar-refractivity contribution in [3.05, 3.63) is 33.9 Å². The topological polar surface area (TPSA) is 86.6 Å². The van der Waals surface area contributed by atoms with Crippen molar-refractivity contribution in [2.75, 3.05) is 6.61 Å². The van der Waals surface area contributed by atoms with E-state index in [0.29, 0.717) is 10.1 Å². The third-order valence-electron chi connectivity index (χ3n) is 2.58. The van der Waals surface area contributed by atoms with Gasteiger partial charge in [-0.05, 0) is 18.2 Å². The standard InChI is InChI=1S/C12H9ClFNO4S/c13-9-6-2-1-5(14)3-8(6)20-10(9)11(17)15-7(4-16)12(18)19/h1-3,7,16H,4H2,(H,15,17)(H,18,19). The summed E-state index contributed by atoms with van der Waals surface area (Å²) in [6, 6.07) is 2.49. The van der Waals surface area contributed by atoms with E-state index in [2.05, 4.69) is 5.32 Å². The number of amides is 1. The Morgan fingerprint density at radius 2 is 2.15 bits per heavy atom. The van der Waals surface area contributed by atoms with Crippen molar-refractivity contribution in [2.45, 2.75) is 6.04 Å². The van der Waals surface area contributed by atoms with E-state index in [0.717, 1.165) is 11.3 Å². The molecule has 1 heterocycles. The number of aliphatic carboxylic acids is 1. The van der Waals surface area contributed by atoms with Gasteiger partial charge in [0.25, 0.3) is 5.91 Å². The fourth-order valence-electron chi connectivity index (χ4n) is 1.59. The minimum Gasteiger partial charge on any atom is -0.480 e. The molecular formula is C12H9ClFNO4S. The molecular weight excluding hydrogens is 309 g/mol. The number of rotatable bonds is 4. The molecule has 0 radical (unpaired) electrons. The van der Waals surface area contributed by atoms with Crippen LogP contribution >= 0.6 is 22.9 Å². The van der Waals surface area contributed by atoms with Crippen molar-refractivity contribution in [3.63, 3.8) is 0 Å². The van der Waals surface area contributed by atoms with Gasteiger partial charge in [0.15, 0.2) is 6.04 Å². The molecule has 5 nitrogen and oxygen atoms in total. The van der Waals surface area contributed by atoms with E-state index in [1.165, 1.54) is 18.2 Å². The highest BCUT2D eigenvalue weighted by molar-refractivity contribution is 7.21. The van der Waals surface area contributed by atoms with Crippen LogP contribution in [0.3, 0.4) is 0 Å². The zero-order valence-electron chi connectivity index (χ0n) is 9.89. The van der Waals surface area contributed by atoms with Gasteiger partial charge >= 0.3 is 5.97 Å². The van der Waals surface area contributed by atoms with Crippen molar-refractivity contribution in [2.24, 2.45) is 0 Å². The van der Waals surface area contributed by atoms with Crippen LogP contribution in [-0.2, 0) is 4.79 Å². The summed E-state index contributed by atoms with van der Waals surface area (Å²) in [4.78, 5) is 22.8. The first kappa shape index (κ1) is 14.7. The molecule has 2 rings (SSSR count). The Kier molecular flexibility index (Phi) is 4.22. The van der Waals surface area contributed by atoms with E-state index in [-0.39, 0.29) is 9.90 Å². The van der Waals surface area contributed by atoms with E-state index in [1.54, 1.807) is 0 Å². The van der Waals surface area contributed by atoms with Crippen LogP contribution in [0.1, 0.15) is 9.67 Å². The summed E-state index contributed by atoms with van der Waals surface area (Å²) < 4.78 is 13.6. The van der Waals surface area contributed by atoms with E-state index in [1.807, 2.05) is 0 Å². The molecule has 2 aromatic rings. The van der Waals surface area contributed by atoms with E-state index in [9.17, 15) is 14.0 Å². The molecule has 0 aliphatic heterocycles. The molecule has 0 bridgehead atoms. The maximum Gasteiger partial charge on any atom is 0.328 e. The van der Waals surface area contributed by atoms with Gasteiger partial charge in [0.2, 0.25) is 0 Å². The Balaban J connectivity index is 2.35. The Morgan fingerprint density at radius 1 is 1.45 bits per heavy atom. The van der Waals surface area contributed by atoms with Gasteiger partial charge in [0, 0.05) is 10.1 Å². The molecule has 1 aromatic carbocycles. The molecule has 0 fully saturated rings. The van der Waals surface area contributed by atoms with Gasteiger partial charge in [-0.1, -0.05) is 11.6 Å². The quantitative estimate of drug-likeness (QED) is 0.803. The van der Waals surface area contributed by atoms with E-state index in [4.69, 9.17) is 21.8 Å². The first-order valence-corrected chi connectivity index (χ1v) is 6.65. The number of hydrogen-bond acceptors (Lipinski definition) is 4. The minimum atomic E-state index is -1.42. The lowest BCUT2D eigenvalue weighted by atomic mass is 10.2. The van der Waals surface area contributed by atoms with Crippen LogP contribution in [0.5, 0.6) is 0 Å². The Bertz CT molecular complexity index is 687. The van der Waals surface area contributed by atoms with Crippen molar-refractivity contribution in [1.29, 1.82) is 0 Å². The Morgan fingerprint density at radius 3 is 2.75 bits per heavy atom. The van der Waals surface area contributed by atoms with Gasteiger partial charge in [-0.3, -0.25) is 4.79 Å². The minimum absolute atomic E-state index is 0.0759. The Hall–Kier alpha value is -1.70. The summed E-state index contributed by atoms with van der Waals surface area (Å²) in [7, 11) is 0. The molecule has 3 N–H and O–H groups in total. The molecule has 0 spiro atoms. The second-order valence-corrected chi connectivity index (χ2v) is 5.36. The largest absolute Gasteiger partial charge is 0.480 e. The summed E-state index contributed by atoms with van der Waals surface area (Å²) >= 11 is 6.98. The number of carbonyl (C=O) groups excluding carboxylic acids is 1. The van der Waals surface area contributed by atoms with Gasteiger partial charge in [0.1, 0.15) is 10.7 Å². The summed E-state index contributed by atoms with van der Waals surface area (Å²) in [6.07, 6.45) is 0. The smallest absolute Gasteiger partial charge is 0.328 e. The molecule has 1 aromatic heterocycles. The van der Waals surface area contributed by atoms with Crippen molar-refractivity contribution < 1.29 is 24.2 Å². The van der Waals surface area contributed by atoms with Crippen LogP contribution in [0.15, 0.2) is 18.2 Å². The van der Waals surface area contributed by atoms with Crippen molar-refractivity contribution >= 4 is 44.9 Å². The lowest BCUT2D eigenvalue weighted by Crippen LogP contribution is -2.43. The molecule has 0 aliphatic carbocycles. The monoisotopic (exact) mass is 317 g/mol. The number of aliphatic hydroxyl groups is 1. The SMILES string of the molecule is O=C(NC(CO)C(=O)O)c1sc2cc(F)ccc2c1Cl. The number of hydrogen-bond donors (Lipinski definition) is 3. The number of fused-ring (bicyclic) bond motifs is 1. The fourth-order valence-corrected chi connectivity index (χ4v) is 3.04. The van der Waals surface area contributed by atoms with Crippen LogP contribution in [-0.4, -0.2) is 34.7 Å². The highest BCUT2D eigenvalue weighted by Crippen LogP contribution is 2.35. The maximum atomic E-state index is 13.1. The maximum absolute atomic E-state index is 13.1. The molecule has 1 atom stereocenters. The second kappa shape index (κ2) is 5.74. The summed E-state index contributed by atoms with van der Waals surface area (Å²) in [5.74, 6) is -2.54. The Labute approximate surface area is 121 Å². The third-order valence-corrected chi connectivity index (χ3v) is 4.24. The molecule has 20 heavy (non-hydrogen) atoms. The lowest BCUT2D eigenvalue weighted by Gasteiger charge is -2.10. The van der Waals surface area contributed by atoms with Crippen molar-refractivity contribution in [1.82, 2.24) is 5.32 Å². The van der Waals surface area contributed by atoms with E-state index < -0.39 is 30.3 Å². The number of aliphatic hydroxyl groups excluding tert-OH is 1. The number of halogens is 2. The van der Waals surface area contributed by atoms with Crippen LogP contribution in [0.4, 0.5) is 4.39 Å². The normalized spacial score (nSPS) is 12.3. The summed E-state index contributed by atoms with van der Waals surface area (Å²) in [5.41, 5.74) is 0. The average Bonchev–Trinajstić information content (AvgIpc) is 2.72. The zero-order valence-corrected chi connectivity index (χ0v) is 11.5. The predicted octanol–water partition coefficient (Wildman–Crippen LogP) is 1.87. The lowest BCUT2D eigenvalue weighted by molar-refractivity contribution is -0.140. The third kappa shape index (κ3) is 2.74. The highest BCUT2D eigenvalue weighted by atomic mass is 35.5. The van der Waals surface area contributed by atoms with Gasteiger partial charge < -0.3 is 15.5 Å². The van der Waals surface area contributed by atoms with Crippen molar-refractivity contribution in [3.8, 4) is 0 Å². The first-order chi connectivity index (χ1) is 9.43. The molecule has 0 saturated heterocycles. The van der Waals surface area contributed by atoms with Crippen LogP contribution in [0.2, 0.25) is 5.02 Å². The van der Waals surface area contributed by atoms with Crippen LogP contribution in [0, 0.1) is 5.82 Å². The van der Waals surface area contributed by atoms with Gasteiger partial charge in [-0.25, -0.2) is 9.18 Å². The molecule has 0 saturated carbocycles. The molecule has 1 amide bonds. The number of benzene rings is 1. The predicted molar refractivity (Wildman–Crippen MR) is 72.8 cm³/mol. The number of nitrogens with one attached hydrogen (secondary N) is 1. The molecule has 106 valence electrons. The second-order valence-electron chi connectivity index (χ2n) is 3.93. The summed E-state index contributed by atoms with van der Waals surface area (Å²) in [5, 5.41) is 20.4. The van der Waals surface area contributed by atoms with E-state index >= 15 is 0 Å². The summed E-state index contributed by atoms with van der Waals surface area (Å²) in [6.45, 7) is -0.738. The van der Waals surface area contributed by atoms with Gasteiger partial charge in [-0.15, -0.1) is 11.3 Å². The fraction of sp³-hybridized carbons (Fsp3) is 0.167. The molecule has 8 heteroatoms. The van der Waals surface area contributed by atoms with Gasteiger partial charge in [-0.2, -0.15) is 0 Å². The number of carbonyl (C=O) groups is 2. The number of thiophene rings is 1. The number of carboxylic acids is 1. The average molecular weight is 318 g/mol. The van der Waals surface area contributed by atoms with Gasteiger partial charge in [0.05, 0.1) is 11.6 Å². The van der Waals surface area contributed by atoms with Crippen LogP contribution in [0.25, 0.3) is 10.1 Å². The highest BCUT2D eigenvalue weighted by Gasteiger charge is 2.23. The number of carboxylic acid groups (broad SMARTS) is 1. The zero-order chi connectivity index (χ0) is 14.9. The molecule has 1 unspecified atom stereocenters. The first-order valence-electron chi connectivity index (χ1n) is 5.46. The molecule has 0 aliphatic rings.